The van der Waals surface area contributed by atoms with Crippen LogP contribution in [0.4, 0.5) is 0 Å². The molecule has 0 aromatic carbocycles. The molecule has 350 valence electrons. The minimum absolute atomic E-state index is 0.0190. The third-order valence-corrected chi connectivity index (χ3v) is 11.5. The summed E-state index contributed by atoms with van der Waals surface area (Å²) in [5.74, 6) is -2.30. The van der Waals surface area contributed by atoms with Crippen molar-refractivity contribution < 1.29 is 52.6 Å². The number of thioether (sulfide) groups is 1. The lowest BCUT2D eigenvalue weighted by Gasteiger charge is -2.22. The molecule has 0 bridgehead atoms. The Labute approximate surface area is 371 Å². The summed E-state index contributed by atoms with van der Waals surface area (Å²) in [5, 5.41) is 19.4. The Morgan fingerprint density at radius 3 is 1.93 bits per heavy atom. The monoisotopic (exact) mass is 899 g/mol. The highest BCUT2D eigenvalue weighted by Crippen LogP contribution is 2.43. The van der Waals surface area contributed by atoms with Crippen LogP contribution in [-0.4, -0.2) is 88.6 Å². The molecule has 0 fully saturated rings. The van der Waals surface area contributed by atoms with E-state index in [0.717, 1.165) is 57.8 Å². The number of phosphoric ester groups is 1. The van der Waals surface area contributed by atoms with Crippen molar-refractivity contribution in [2.45, 2.75) is 166 Å². The first kappa shape index (κ1) is 58.2. The number of rotatable bonds is 41. The van der Waals surface area contributed by atoms with Gasteiger partial charge in [-0.05, 0) is 70.6 Å². The van der Waals surface area contributed by atoms with Crippen LogP contribution in [0.15, 0.2) is 72.9 Å². The molecule has 0 spiro atoms. The smallest absolute Gasteiger partial charge is 0.472 e. The molecule has 0 aliphatic carbocycles. The molecular formula is C46H79N2O11PS. The number of unbranched alkanes of at least 4 members (excludes halogenated alkanes) is 11. The summed E-state index contributed by atoms with van der Waals surface area (Å²) >= 11 is 1.21. The van der Waals surface area contributed by atoms with Gasteiger partial charge in [-0.2, -0.15) is 0 Å². The number of esters is 2. The Balaban J connectivity index is 5.10. The standard InChI is InChI=1S/C46H79N2O11PS/c1-3-5-7-9-11-13-15-17-18-19-21-23-25-27-29-34-45(52)59-40(38-58-60(54,55)57-36-35-47)37-56-46(53)41(48)39-61-43(42(49)31-30-33-44(50)51)32-28-26-24-22-20-16-14-12-10-8-6-4-2/h11-14,17-18,20,22,24,26,28,32,40-43,49H,3-10,15-16,19,21,23,25,27,29-31,33-39,47-48H2,1-2H3,(H,50,51)(H,54,55)/b13-11-,14-12-,18-17-,22-20-,26-24+,32-28+/t40-,41+,42+,43-/m1/s1. The van der Waals surface area contributed by atoms with Crippen molar-refractivity contribution >= 4 is 37.5 Å². The SMILES string of the molecule is CCCCC/C=C\C\C=C/C=C/C=C/[C@@H](SC[C@H](N)C(=O)OC[C@H](COP(=O)(O)OCCN)OC(=O)CCCCCCC/C=C\C/C=C\CCCCC)[C@@H](O)CCCC(=O)O. The predicted octanol–water partition coefficient (Wildman–Crippen LogP) is 9.59. The topological polar surface area (TPSA) is 218 Å². The van der Waals surface area contributed by atoms with Gasteiger partial charge in [-0.15, -0.1) is 11.8 Å². The molecule has 0 amide bonds. The Hall–Kier alpha value is -2.81. The third kappa shape index (κ3) is 38.6. The van der Waals surface area contributed by atoms with Gasteiger partial charge >= 0.3 is 25.7 Å². The minimum atomic E-state index is -4.52. The van der Waals surface area contributed by atoms with Crippen molar-refractivity contribution in [3.8, 4) is 0 Å². The second-order valence-corrected chi connectivity index (χ2v) is 17.4. The lowest BCUT2D eigenvalue weighted by Crippen LogP contribution is -2.38. The molecule has 0 saturated heterocycles. The molecule has 0 aliphatic heterocycles. The maximum atomic E-state index is 12.9. The van der Waals surface area contributed by atoms with Crippen LogP contribution in [0.1, 0.15) is 142 Å². The second kappa shape index (κ2) is 41.2. The summed E-state index contributed by atoms with van der Waals surface area (Å²) in [5.41, 5.74) is 11.5. The zero-order valence-corrected chi connectivity index (χ0v) is 38.7. The lowest BCUT2D eigenvalue weighted by atomic mass is 10.1. The number of hydrogen-bond donors (Lipinski definition) is 5. The van der Waals surface area contributed by atoms with Crippen LogP contribution >= 0.6 is 19.6 Å². The van der Waals surface area contributed by atoms with Gasteiger partial charge in [0.25, 0.3) is 0 Å². The predicted molar refractivity (Wildman–Crippen MR) is 248 cm³/mol. The number of allylic oxidation sites excluding steroid dienone is 11. The van der Waals surface area contributed by atoms with E-state index in [0.29, 0.717) is 6.42 Å². The number of carbonyl (C=O) groups excluding carboxylic acids is 2. The normalized spacial score (nSPS) is 15.4. The fourth-order valence-electron chi connectivity index (χ4n) is 5.57. The molecular weight excluding hydrogens is 820 g/mol. The Bertz CT molecular complexity index is 1350. The van der Waals surface area contributed by atoms with Crippen molar-refractivity contribution in [3.63, 3.8) is 0 Å². The first-order valence-corrected chi connectivity index (χ1v) is 24.9. The Morgan fingerprint density at radius 2 is 1.31 bits per heavy atom. The van der Waals surface area contributed by atoms with Crippen molar-refractivity contribution in [3.05, 3.63) is 72.9 Å². The zero-order chi connectivity index (χ0) is 45.2. The fraction of sp³-hybridized carbons (Fsp3) is 0.674. The van der Waals surface area contributed by atoms with Gasteiger partial charge in [-0.25, -0.2) is 4.57 Å². The zero-order valence-electron chi connectivity index (χ0n) is 37.0. The van der Waals surface area contributed by atoms with Gasteiger partial charge in [0.15, 0.2) is 6.10 Å². The van der Waals surface area contributed by atoms with E-state index in [1.54, 1.807) is 12.2 Å². The largest absolute Gasteiger partial charge is 0.481 e. The van der Waals surface area contributed by atoms with E-state index in [1.807, 2.05) is 24.3 Å². The number of aliphatic hydroxyl groups excluding tert-OH is 1. The maximum Gasteiger partial charge on any atom is 0.472 e. The van der Waals surface area contributed by atoms with Crippen LogP contribution in [-0.2, 0) is 37.5 Å². The highest BCUT2D eigenvalue weighted by atomic mass is 32.2. The van der Waals surface area contributed by atoms with Gasteiger partial charge in [0, 0.05) is 30.4 Å². The summed E-state index contributed by atoms with van der Waals surface area (Å²) in [6.45, 7) is 3.06. The number of phosphoric acid groups is 1. The van der Waals surface area contributed by atoms with Crippen molar-refractivity contribution in [2.75, 3.05) is 32.1 Å². The number of aliphatic carboxylic acids is 1. The number of carbonyl (C=O) groups is 3. The average molecular weight is 899 g/mol. The van der Waals surface area contributed by atoms with Crippen LogP contribution in [0.3, 0.4) is 0 Å². The molecule has 61 heavy (non-hydrogen) atoms. The number of nitrogens with two attached hydrogens (primary N) is 2. The van der Waals surface area contributed by atoms with Crippen molar-refractivity contribution in [2.24, 2.45) is 11.5 Å². The van der Waals surface area contributed by atoms with Crippen LogP contribution < -0.4 is 11.5 Å². The summed E-state index contributed by atoms with van der Waals surface area (Å²) in [7, 11) is -4.52. The molecule has 1 unspecified atom stereocenters. The third-order valence-electron chi connectivity index (χ3n) is 9.06. The van der Waals surface area contributed by atoms with Gasteiger partial charge in [0.05, 0.1) is 19.3 Å². The molecule has 5 atom stereocenters. The average Bonchev–Trinajstić information content (AvgIpc) is 3.23. The Morgan fingerprint density at radius 1 is 0.721 bits per heavy atom. The Kier molecular flexibility index (Phi) is 39.3. The summed E-state index contributed by atoms with van der Waals surface area (Å²) in [6.07, 6.45) is 39.7. The van der Waals surface area contributed by atoms with Crippen LogP contribution in [0, 0.1) is 0 Å². The number of aliphatic hydroxyl groups is 1. The fourth-order valence-corrected chi connectivity index (χ4v) is 7.47. The van der Waals surface area contributed by atoms with Crippen molar-refractivity contribution in [1.82, 2.24) is 0 Å². The number of carboxylic acid groups (broad SMARTS) is 1. The van der Waals surface area contributed by atoms with E-state index in [1.165, 1.54) is 50.3 Å². The molecule has 0 aromatic rings. The molecule has 0 rings (SSSR count). The van der Waals surface area contributed by atoms with Gasteiger partial charge < -0.3 is 36.0 Å². The van der Waals surface area contributed by atoms with Gasteiger partial charge in [0.2, 0.25) is 0 Å². The summed E-state index contributed by atoms with van der Waals surface area (Å²) < 4.78 is 32.9. The molecule has 0 aliphatic rings. The van der Waals surface area contributed by atoms with E-state index < -0.39 is 62.4 Å². The van der Waals surface area contributed by atoms with Gasteiger partial charge in [0.1, 0.15) is 12.6 Å². The van der Waals surface area contributed by atoms with Crippen LogP contribution in [0.5, 0.6) is 0 Å². The number of carboxylic acids is 1. The molecule has 0 aromatic heterocycles. The van der Waals surface area contributed by atoms with E-state index in [4.69, 9.17) is 35.1 Å². The summed E-state index contributed by atoms with van der Waals surface area (Å²) in [6, 6.07) is -1.14. The minimum Gasteiger partial charge on any atom is -0.481 e. The van der Waals surface area contributed by atoms with Gasteiger partial charge in [-0.1, -0.05) is 132 Å². The van der Waals surface area contributed by atoms with Crippen LogP contribution in [0.25, 0.3) is 0 Å². The van der Waals surface area contributed by atoms with E-state index >= 15 is 0 Å². The molecule has 0 radical (unpaired) electrons. The molecule has 15 heteroatoms. The van der Waals surface area contributed by atoms with Crippen LogP contribution in [0.2, 0.25) is 0 Å². The van der Waals surface area contributed by atoms with Crippen molar-refractivity contribution in [1.29, 1.82) is 0 Å². The maximum absolute atomic E-state index is 12.9. The number of hydrogen-bond acceptors (Lipinski definition) is 12. The first-order chi connectivity index (χ1) is 29.4. The van der Waals surface area contributed by atoms with E-state index in [9.17, 15) is 28.9 Å². The molecule has 7 N–H and O–H groups in total. The highest BCUT2D eigenvalue weighted by Gasteiger charge is 2.27. The summed E-state index contributed by atoms with van der Waals surface area (Å²) in [4.78, 5) is 46.7. The quantitative estimate of drug-likeness (QED) is 0.0127. The van der Waals surface area contributed by atoms with E-state index in [-0.39, 0.29) is 44.6 Å². The molecule has 0 saturated carbocycles. The second-order valence-electron chi connectivity index (χ2n) is 14.8. The number of ether oxygens (including phenoxy) is 2. The first-order valence-electron chi connectivity index (χ1n) is 22.4. The molecule has 0 heterocycles. The van der Waals surface area contributed by atoms with E-state index in [2.05, 4.69) is 50.3 Å². The lowest BCUT2D eigenvalue weighted by molar-refractivity contribution is -0.161. The van der Waals surface area contributed by atoms with Gasteiger partial charge in [-0.3, -0.25) is 23.4 Å². The molecule has 13 nitrogen and oxygen atoms in total. The highest BCUT2D eigenvalue weighted by molar-refractivity contribution is 8.00.